The van der Waals surface area contributed by atoms with Gasteiger partial charge in [0.2, 0.25) is 0 Å². The molecule has 0 aromatic carbocycles. The Balaban J connectivity index is 0. The molecular weight excluding hydrogens is 296 g/mol. The quantitative estimate of drug-likeness (QED) is 0.264. The molecule has 0 aliphatic carbocycles. The van der Waals surface area contributed by atoms with Crippen LogP contribution < -0.4 is 0 Å². The first-order valence-electron chi connectivity index (χ1n) is 6.07. The molecule has 0 rings (SSSR count). The van der Waals surface area contributed by atoms with Gasteiger partial charge in [-0.1, -0.05) is 32.6 Å². The van der Waals surface area contributed by atoms with Gasteiger partial charge in [0.15, 0.2) is 0 Å². The summed E-state index contributed by atoms with van der Waals surface area (Å²) in [7, 11) is -10.6. The number of hydrogen-bond donors (Lipinski definition) is 0. The zero-order valence-electron chi connectivity index (χ0n) is 11.2. The van der Waals surface area contributed by atoms with Crippen LogP contribution in [-0.2, 0) is 0 Å². The first kappa shape index (κ1) is 20.8. The molecule has 0 spiro atoms. The summed E-state index contributed by atoms with van der Waals surface area (Å²) in [6, 6.07) is 0. The van der Waals surface area contributed by atoms with E-state index in [0.717, 1.165) is 0 Å². The van der Waals surface area contributed by atoms with Gasteiger partial charge in [0.05, 0.1) is 6.16 Å². The van der Waals surface area contributed by atoms with Crippen LogP contribution in [0.5, 0.6) is 0 Å². The van der Waals surface area contributed by atoms with E-state index >= 15 is 0 Å². The molecule has 18 heavy (non-hydrogen) atoms. The van der Waals surface area contributed by atoms with E-state index in [9.17, 15) is 25.2 Å². The van der Waals surface area contributed by atoms with Crippen LogP contribution in [0.2, 0.25) is 0 Å². The molecule has 0 aliphatic rings. The minimum absolute atomic E-state index is 0.0728. The van der Waals surface area contributed by atoms with Crippen LogP contribution in [0.25, 0.3) is 0 Å². The average Bonchev–Trinajstić information content (AvgIpc) is 2.05. The molecular formula is C10H24F6P2. The predicted molar refractivity (Wildman–Crippen MR) is 72.0 cm³/mol. The zero-order valence-corrected chi connectivity index (χ0v) is 13.1. The van der Waals surface area contributed by atoms with Gasteiger partial charge in [-0.25, -0.2) is 0 Å². The number of rotatable bonds is 7. The Bertz CT molecular complexity index is 196. The molecule has 0 N–H and O–H groups in total. The van der Waals surface area contributed by atoms with E-state index in [1.54, 1.807) is 0 Å². The van der Waals surface area contributed by atoms with Gasteiger partial charge in [0, 0.05) is 13.3 Å². The van der Waals surface area contributed by atoms with Crippen LogP contribution in [0.4, 0.5) is 25.2 Å². The molecule has 0 amide bonds. The van der Waals surface area contributed by atoms with Crippen molar-refractivity contribution < 1.29 is 25.2 Å². The standard InChI is InChI=1S/C10H23P.F6P/c1-4-5-6-7-8-9-10-11(2)3;1-7(2,3,4,5)6/h4-10H2,1-3H3;/q;-1/p+1. The zero-order chi connectivity index (χ0) is 14.9. The van der Waals surface area contributed by atoms with Crippen LogP contribution in [0.1, 0.15) is 45.4 Å². The molecule has 0 atom stereocenters. The van der Waals surface area contributed by atoms with Gasteiger partial charge >= 0.3 is 33.0 Å². The maximum absolute atomic E-state index is 10.7. The molecule has 8 heteroatoms. The van der Waals surface area contributed by atoms with Crippen LogP contribution in [-0.4, -0.2) is 19.5 Å². The summed E-state index contributed by atoms with van der Waals surface area (Å²) >= 11 is 0. The maximum atomic E-state index is 9.87. The van der Waals surface area contributed by atoms with Gasteiger partial charge in [-0.2, -0.15) is 0 Å². The average molecular weight is 320 g/mol. The Kier molecular flexibility index (Phi) is 8.40. The third kappa shape index (κ3) is 55.0. The van der Waals surface area contributed by atoms with E-state index in [1.807, 2.05) is 0 Å². The Hall–Kier alpha value is 0.440. The molecule has 116 valence electrons. The van der Waals surface area contributed by atoms with E-state index in [2.05, 4.69) is 20.3 Å². The summed E-state index contributed by atoms with van der Waals surface area (Å²) < 4.78 is 59.2. The van der Waals surface area contributed by atoms with E-state index in [-0.39, 0.29) is 7.92 Å². The minimum atomic E-state index is -10.7. The molecule has 0 radical (unpaired) electrons. The monoisotopic (exact) mass is 320 g/mol. The fraction of sp³-hybridized carbons (Fsp3) is 1.00. The van der Waals surface area contributed by atoms with Crippen LogP contribution >= 0.6 is 15.7 Å². The molecule has 0 fully saturated rings. The van der Waals surface area contributed by atoms with Gasteiger partial charge in [-0.05, 0) is 20.8 Å². The van der Waals surface area contributed by atoms with Crippen molar-refractivity contribution in [2.45, 2.75) is 45.4 Å². The molecule has 0 saturated heterocycles. The topological polar surface area (TPSA) is 0 Å². The van der Waals surface area contributed by atoms with Crippen molar-refractivity contribution in [3.8, 4) is 0 Å². The van der Waals surface area contributed by atoms with E-state index in [1.165, 1.54) is 44.7 Å². The number of halogens is 6. The summed E-state index contributed by atoms with van der Waals surface area (Å²) in [6.45, 7) is 7.10. The second-order valence-corrected chi connectivity index (χ2v) is 9.51. The van der Waals surface area contributed by atoms with Crippen molar-refractivity contribution in [3.63, 3.8) is 0 Å². The fourth-order valence-electron chi connectivity index (χ4n) is 1.26. The molecule has 0 nitrogen and oxygen atoms in total. The third-order valence-electron chi connectivity index (χ3n) is 2.03. The molecule has 0 aliphatic heterocycles. The third-order valence-corrected chi connectivity index (χ3v) is 3.38. The van der Waals surface area contributed by atoms with E-state index in [0.29, 0.717) is 0 Å². The summed E-state index contributed by atoms with van der Waals surface area (Å²) in [4.78, 5) is 0. The summed E-state index contributed by atoms with van der Waals surface area (Å²) in [5.74, 6) is 0. The predicted octanol–water partition coefficient (Wildman–Crippen LogP) is 7.20. The van der Waals surface area contributed by atoms with E-state index < -0.39 is 7.81 Å². The Morgan fingerprint density at radius 3 is 1.39 bits per heavy atom. The Labute approximate surface area is 107 Å². The Morgan fingerprint density at radius 2 is 1.06 bits per heavy atom. The fourth-order valence-corrected chi connectivity index (χ4v) is 2.22. The molecule has 0 aromatic heterocycles. The van der Waals surface area contributed by atoms with Crippen molar-refractivity contribution in [2.75, 3.05) is 19.5 Å². The first-order valence-corrected chi connectivity index (χ1v) is 10.8. The van der Waals surface area contributed by atoms with Gasteiger partial charge in [0.25, 0.3) is 0 Å². The summed E-state index contributed by atoms with van der Waals surface area (Å²) in [5, 5.41) is 0. The number of hydrogen-bond acceptors (Lipinski definition) is 0. The SMILES string of the molecule is CCCCCCCC[PH+](C)C.F[P-](F)(F)(F)(F)F. The number of unbranched alkanes of at least 4 members (excludes halogenated alkanes) is 5. The van der Waals surface area contributed by atoms with Gasteiger partial charge in [-0.15, -0.1) is 0 Å². The van der Waals surface area contributed by atoms with Crippen molar-refractivity contribution in [2.24, 2.45) is 0 Å². The normalized spacial score (nSPS) is 15.7. The Morgan fingerprint density at radius 1 is 0.722 bits per heavy atom. The summed E-state index contributed by atoms with van der Waals surface area (Å²) in [6.07, 6.45) is 10.2. The van der Waals surface area contributed by atoms with Gasteiger partial charge in [0.1, 0.15) is 0 Å². The van der Waals surface area contributed by atoms with Crippen molar-refractivity contribution in [3.05, 3.63) is 0 Å². The van der Waals surface area contributed by atoms with Crippen LogP contribution in [0.3, 0.4) is 0 Å². The van der Waals surface area contributed by atoms with Crippen molar-refractivity contribution in [1.82, 2.24) is 0 Å². The molecule has 0 unspecified atom stereocenters. The van der Waals surface area contributed by atoms with Crippen LogP contribution in [0, 0.1) is 0 Å². The van der Waals surface area contributed by atoms with Crippen LogP contribution in [0.15, 0.2) is 0 Å². The van der Waals surface area contributed by atoms with Crippen molar-refractivity contribution in [1.29, 1.82) is 0 Å². The van der Waals surface area contributed by atoms with Gasteiger partial charge in [-0.3, -0.25) is 0 Å². The molecule has 0 heterocycles. The summed E-state index contributed by atoms with van der Waals surface area (Å²) in [5.41, 5.74) is 0. The van der Waals surface area contributed by atoms with Crippen molar-refractivity contribution >= 4 is 15.7 Å². The second-order valence-electron chi connectivity index (χ2n) is 4.68. The molecule has 0 saturated carbocycles. The molecule has 0 bridgehead atoms. The first-order chi connectivity index (χ1) is 7.72. The second kappa shape index (κ2) is 7.28. The van der Waals surface area contributed by atoms with E-state index in [4.69, 9.17) is 0 Å². The molecule has 0 aromatic rings. The van der Waals surface area contributed by atoms with Gasteiger partial charge < -0.3 is 0 Å².